The lowest BCUT2D eigenvalue weighted by molar-refractivity contribution is -0.497. The Morgan fingerprint density at radius 2 is 1.45 bits per heavy atom. The second kappa shape index (κ2) is 13.9. The Bertz CT molecular complexity index is 1710. The van der Waals surface area contributed by atoms with Crippen molar-refractivity contribution in [2.45, 2.75) is 38.1 Å². The van der Waals surface area contributed by atoms with Crippen LogP contribution in [0.3, 0.4) is 0 Å². The molecule has 1 aliphatic rings. The number of carbonyl (C=O) groups excluding carboxylic acids is 1. The highest BCUT2D eigenvalue weighted by Gasteiger charge is 2.33. The van der Waals surface area contributed by atoms with Crippen LogP contribution in [-0.4, -0.2) is 45.8 Å². The van der Waals surface area contributed by atoms with Crippen molar-refractivity contribution in [2.24, 2.45) is 0 Å². The van der Waals surface area contributed by atoms with Gasteiger partial charge in [-0.2, -0.15) is 0 Å². The predicted molar refractivity (Wildman–Crippen MR) is 169 cm³/mol. The molecule has 0 spiro atoms. The number of amides is 1. The van der Waals surface area contributed by atoms with E-state index in [1.54, 1.807) is 0 Å². The van der Waals surface area contributed by atoms with Crippen molar-refractivity contribution < 1.29 is 24.8 Å². The van der Waals surface area contributed by atoms with Crippen LogP contribution in [0.5, 0.6) is 0 Å². The molecule has 0 saturated carbocycles. The number of fused-ring (bicyclic) bond motifs is 1. The van der Waals surface area contributed by atoms with E-state index < -0.39 is 0 Å². The molecule has 1 fully saturated rings. The van der Waals surface area contributed by atoms with Crippen LogP contribution in [0.25, 0.3) is 21.9 Å². The number of piperidine rings is 1. The van der Waals surface area contributed by atoms with E-state index >= 15 is 0 Å². The van der Waals surface area contributed by atoms with Gasteiger partial charge in [0.15, 0.2) is 0 Å². The molecule has 224 valence electrons. The number of hydrogen-bond acceptors (Lipinski definition) is 6. The monoisotopic (exact) mass is 588 g/mol. The fourth-order valence-electron chi connectivity index (χ4n) is 6.05. The van der Waals surface area contributed by atoms with Crippen molar-refractivity contribution in [2.75, 3.05) is 13.1 Å². The van der Waals surface area contributed by atoms with Crippen molar-refractivity contribution in [3.63, 3.8) is 0 Å². The Morgan fingerprint density at radius 1 is 0.727 bits per heavy atom. The maximum atomic E-state index is 13.5. The highest BCUT2D eigenvalue weighted by atomic mass is 17.1. The minimum Gasteiger partial charge on any atom is -0.371 e. The zero-order chi connectivity index (χ0) is 30.3. The van der Waals surface area contributed by atoms with Gasteiger partial charge in [-0.3, -0.25) is 15.2 Å². The van der Waals surface area contributed by atoms with Gasteiger partial charge in [0.1, 0.15) is 0 Å². The Morgan fingerprint density at radius 3 is 2.30 bits per heavy atom. The lowest BCUT2D eigenvalue weighted by Crippen LogP contribution is -2.47. The first kappa shape index (κ1) is 29.7. The lowest BCUT2D eigenvalue weighted by atomic mass is 9.85. The Hall–Kier alpha value is -4.37. The van der Waals surface area contributed by atoms with Crippen molar-refractivity contribution in [3.8, 4) is 11.1 Å². The summed E-state index contributed by atoms with van der Waals surface area (Å²) in [6.07, 6.45) is 0.856. The summed E-state index contributed by atoms with van der Waals surface area (Å²) in [4.78, 5) is 20.2. The van der Waals surface area contributed by atoms with Crippen LogP contribution in [0.2, 0.25) is 0 Å². The highest BCUT2D eigenvalue weighted by molar-refractivity contribution is 5.83. The van der Waals surface area contributed by atoms with E-state index in [9.17, 15) is 4.79 Å². The summed E-state index contributed by atoms with van der Waals surface area (Å²) in [6, 6.07) is 41.2. The van der Waals surface area contributed by atoms with Crippen LogP contribution >= 0.6 is 0 Å². The molecule has 7 nitrogen and oxygen atoms in total. The molecule has 7 heteroatoms. The van der Waals surface area contributed by atoms with E-state index in [0.29, 0.717) is 19.7 Å². The van der Waals surface area contributed by atoms with Crippen molar-refractivity contribution in [1.82, 2.24) is 10.3 Å². The first-order valence-electron chi connectivity index (χ1n) is 14.9. The Kier molecular flexibility index (Phi) is 9.41. The molecule has 5 aromatic rings. The summed E-state index contributed by atoms with van der Waals surface area (Å²) >= 11 is 0. The highest BCUT2D eigenvalue weighted by Crippen LogP contribution is 2.34. The van der Waals surface area contributed by atoms with Crippen LogP contribution in [-0.2, 0) is 34.0 Å². The van der Waals surface area contributed by atoms with E-state index in [0.717, 1.165) is 23.1 Å². The molecule has 1 aliphatic heterocycles. The van der Waals surface area contributed by atoms with Gasteiger partial charge in [-0.05, 0) is 56.6 Å². The Balaban J connectivity index is 1.20. The van der Waals surface area contributed by atoms with E-state index in [-0.39, 0.29) is 36.3 Å². The van der Waals surface area contributed by atoms with Crippen molar-refractivity contribution in [1.29, 1.82) is 0 Å². The summed E-state index contributed by atoms with van der Waals surface area (Å²) in [6.45, 7) is 1.58. The van der Waals surface area contributed by atoms with Crippen molar-refractivity contribution in [3.05, 3.63) is 144 Å². The summed E-state index contributed by atoms with van der Waals surface area (Å²) < 4.78 is 6.67. The van der Waals surface area contributed by atoms with Gasteiger partial charge in [-0.15, -0.1) is 0 Å². The molecule has 2 atom stereocenters. The molecule has 44 heavy (non-hydrogen) atoms. The minimum atomic E-state index is -0.310. The van der Waals surface area contributed by atoms with Crippen LogP contribution < -0.4 is 0 Å². The molecule has 0 radical (unpaired) electrons. The third-order valence-electron chi connectivity index (χ3n) is 8.31. The molecule has 0 aliphatic carbocycles. The first-order chi connectivity index (χ1) is 21.5. The number of carbonyl (C=O) groups is 1. The zero-order valence-corrected chi connectivity index (χ0v) is 24.5. The number of rotatable bonds is 10. The topological polar surface area (TPSA) is 82.5 Å². The molecule has 5 aromatic carbocycles. The molecular formula is C37H36N2O5. The molecule has 0 bridgehead atoms. The fourth-order valence-corrected chi connectivity index (χ4v) is 6.05. The van der Waals surface area contributed by atoms with Gasteiger partial charge in [0.05, 0.1) is 31.1 Å². The largest absolute Gasteiger partial charge is 0.371 e. The summed E-state index contributed by atoms with van der Waals surface area (Å²) in [5.74, 6) is 0.174. The predicted octanol–water partition coefficient (Wildman–Crippen LogP) is 7.16. The third kappa shape index (κ3) is 7.39. The number of benzene rings is 5. The van der Waals surface area contributed by atoms with Crippen LogP contribution in [0.1, 0.15) is 34.6 Å². The number of likely N-dealkylation sites (tertiary alicyclic amines) is 1. The van der Waals surface area contributed by atoms with Crippen LogP contribution in [0.15, 0.2) is 121 Å². The van der Waals surface area contributed by atoms with Crippen molar-refractivity contribution >= 4 is 16.7 Å². The smallest absolute Gasteiger partial charge is 0.227 e. The van der Waals surface area contributed by atoms with E-state index in [4.69, 9.17) is 20.0 Å². The summed E-state index contributed by atoms with van der Waals surface area (Å²) in [5, 5.41) is 19.8. The van der Waals surface area contributed by atoms with Gasteiger partial charge in [0.25, 0.3) is 0 Å². The van der Waals surface area contributed by atoms with Gasteiger partial charge >= 0.3 is 0 Å². The molecule has 0 aromatic heterocycles. The quantitative estimate of drug-likeness (QED) is 0.169. The first-order valence-corrected chi connectivity index (χ1v) is 14.9. The average molecular weight is 589 g/mol. The van der Waals surface area contributed by atoms with Gasteiger partial charge in [-0.25, -0.2) is 4.84 Å². The summed E-state index contributed by atoms with van der Waals surface area (Å²) in [5.41, 5.74) is 6.24. The second-order valence-corrected chi connectivity index (χ2v) is 11.3. The third-order valence-corrected chi connectivity index (χ3v) is 8.31. The van der Waals surface area contributed by atoms with Gasteiger partial charge in [0, 0.05) is 19.0 Å². The molecule has 0 unspecified atom stereocenters. The lowest BCUT2D eigenvalue weighted by Gasteiger charge is -2.39. The standard InChI is InChI=1S/C37H36N2O5/c40-37(22-27-8-6-9-28(20-27)26-44-39(41)42)38-19-18-35(34-15-7-14-33(23-34)30-10-2-1-3-11-30)36(24-38)43-25-29-16-17-31-12-4-5-13-32(31)21-29/h1-17,20-21,23,35-36,41-42H,18-19,22,24-26H2/t35-,36+/m1/s1. The second-order valence-electron chi connectivity index (χ2n) is 11.3. The van der Waals surface area contributed by atoms with Gasteiger partial charge in [0.2, 0.25) is 5.91 Å². The molecule has 6 rings (SSSR count). The van der Waals surface area contributed by atoms with E-state index in [1.807, 2.05) is 47.4 Å². The minimum absolute atomic E-state index is 0.0207. The molecular weight excluding hydrogens is 552 g/mol. The maximum absolute atomic E-state index is 13.5. The van der Waals surface area contributed by atoms with Gasteiger partial charge in [-0.1, -0.05) is 115 Å². The van der Waals surface area contributed by atoms with E-state index in [2.05, 4.69) is 78.9 Å². The average Bonchev–Trinajstić information content (AvgIpc) is 3.07. The number of nitrogens with zero attached hydrogens (tertiary/aromatic N) is 2. The maximum Gasteiger partial charge on any atom is 0.227 e. The molecule has 1 saturated heterocycles. The molecule has 2 N–H and O–H groups in total. The Labute approximate surface area is 257 Å². The molecule has 1 heterocycles. The normalized spacial score (nSPS) is 16.8. The fraction of sp³-hybridized carbons (Fsp3) is 0.216. The number of ether oxygens (including phenoxy) is 1. The van der Waals surface area contributed by atoms with E-state index in [1.165, 1.54) is 27.5 Å². The SMILES string of the molecule is O=C(Cc1cccc(CON(O)O)c1)N1CC[C@H](c2cccc(-c3ccccc3)c2)[C@@H](OCc2ccc3ccccc3c2)C1. The van der Waals surface area contributed by atoms with Crippen LogP contribution in [0, 0.1) is 0 Å². The summed E-state index contributed by atoms with van der Waals surface area (Å²) in [7, 11) is 0. The molecule has 1 amide bonds. The number of hydrogen-bond donors (Lipinski definition) is 2. The zero-order valence-electron chi connectivity index (χ0n) is 24.5. The van der Waals surface area contributed by atoms with Gasteiger partial charge < -0.3 is 9.64 Å². The van der Waals surface area contributed by atoms with Crippen LogP contribution in [0.4, 0.5) is 0 Å².